The molecule has 8 nitrogen and oxygen atoms in total. The van der Waals surface area contributed by atoms with E-state index < -0.39 is 52.2 Å². The van der Waals surface area contributed by atoms with Crippen LogP contribution in [0.3, 0.4) is 0 Å². The zero-order valence-corrected chi connectivity index (χ0v) is 23.1. The lowest BCUT2D eigenvalue weighted by molar-refractivity contribution is -0.0491. The maximum absolute atomic E-state index is 12.6. The molecule has 0 radical (unpaired) electrons. The molecular formula is C22H39N3O5Si2. The van der Waals surface area contributed by atoms with Gasteiger partial charge in [-0.2, -0.15) is 5.26 Å². The highest BCUT2D eigenvalue weighted by Crippen LogP contribution is 2.44. The van der Waals surface area contributed by atoms with E-state index >= 15 is 0 Å². The highest BCUT2D eigenvalue weighted by Gasteiger charge is 2.52. The zero-order chi connectivity index (χ0) is 24.7. The quantitative estimate of drug-likeness (QED) is 0.616. The van der Waals surface area contributed by atoms with Crippen LogP contribution in [0, 0.1) is 17.2 Å². The average Bonchev–Trinajstić information content (AvgIpc) is 2.94. The summed E-state index contributed by atoms with van der Waals surface area (Å²) in [5.41, 5.74) is -1.07. The van der Waals surface area contributed by atoms with Gasteiger partial charge < -0.3 is 13.6 Å². The molecule has 180 valence electrons. The number of nitriles is 1. The van der Waals surface area contributed by atoms with Crippen LogP contribution < -0.4 is 11.2 Å². The molecule has 4 unspecified atom stereocenters. The Labute approximate surface area is 193 Å². The van der Waals surface area contributed by atoms with Gasteiger partial charge in [-0.15, -0.1) is 0 Å². The molecule has 2 heterocycles. The molecule has 1 fully saturated rings. The zero-order valence-electron chi connectivity index (χ0n) is 21.1. The van der Waals surface area contributed by atoms with E-state index in [0.717, 1.165) is 0 Å². The summed E-state index contributed by atoms with van der Waals surface area (Å²) in [6.45, 7) is 21.6. The molecule has 0 spiro atoms. The summed E-state index contributed by atoms with van der Waals surface area (Å²) in [6.07, 6.45) is -0.629. The molecule has 1 aromatic rings. The van der Waals surface area contributed by atoms with E-state index in [1.54, 1.807) is 0 Å². The van der Waals surface area contributed by atoms with Gasteiger partial charge in [0.15, 0.2) is 22.9 Å². The van der Waals surface area contributed by atoms with Crippen LogP contribution in [-0.4, -0.2) is 45.0 Å². The van der Waals surface area contributed by atoms with Crippen LogP contribution in [0.4, 0.5) is 0 Å². The summed E-state index contributed by atoms with van der Waals surface area (Å²) >= 11 is 0. The number of ether oxygens (including phenoxy) is 1. The molecule has 2 rings (SSSR count). The predicted molar refractivity (Wildman–Crippen MR) is 130 cm³/mol. The summed E-state index contributed by atoms with van der Waals surface area (Å²) < 4.78 is 20.6. The molecule has 1 aliphatic rings. The van der Waals surface area contributed by atoms with Crippen molar-refractivity contribution in [1.29, 1.82) is 5.26 Å². The number of hydrogen-bond donors (Lipinski definition) is 1. The van der Waals surface area contributed by atoms with Crippen molar-refractivity contribution in [1.82, 2.24) is 9.55 Å². The first-order chi connectivity index (χ1) is 14.4. The highest BCUT2D eigenvalue weighted by molar-refractivity contribution is 6.74. The second kappa shape index (κ2) is 9.02. The first-order valence-electron chi connectivity index (χ1n) is 11.1. The second-order valence-electron chi connectivity index (χ2n) is 11.7. The first-order valence-corrected chi connectivity index (χ1v) is 16.9. The van der Waals surface area contributed by atoms with Crippen LogP contribution >= 0.6 is 0 Å². The van der Waals surface area contributed by atoms with Crippen molar-refractivity contribution in [3.8, 4) is 6.07 Å². The molecule has 1 N–H and O–H groups in total. The van der Waals surface area contributed by atoms with E-state index in [0.29, 0.717) is 0 Å². The molecule has 0 saturated carbocycles. The highest BCUT2D eigenvalue weighted by atomic mass is 28.4. The number of nitrogens with one attached hydrogen (secondary N) is 1. The van der Waals surface area contributed by atoms with E-state index in [2.05, 4.69) is 78.8 Å². The van der Waals surface area contributed by atoms with Gasteiger partial charge in [0.1, 0.15) is 18.1 Å². The summed E-state index contributed by atoms with van der Waals surface area (Å²) in [4.78, 5) is 26.4. The van der Waals surface area contributed by atoms with Crippen LogP contribution in [0.25, 0.3) is 0 Å². The standard InChI is InChI=1S/C22H39N3O5Si2/c1-21(2,3)31(7,8)28-14-16-15(13-23)18(30-32(9,10)22(4,5)6)19(29-16)25-12-11-17(26)24-20(25)27/h11-12,15-16,18-19H,14H2,1-10H3,(H,24,26,27). The van der Waals surface area contributed by atoms with Crippen LogP contribution in [0.15, 0.2) is 21.9 Å². The van der Waals surface area contributed by atoms with Crippen LogP contribution in [0.2, 0.25) is 36.3 Å². The molecule has 0 bridgehead atoms. The van der Waals surface area contributed by atoms with Crippen molar-refractivity contribution in [2.45, 2.75) is 96.2 Å². The van der Waals surface area contributed by atoms with Crippen LogP contribution in [0.1, 0.15) is 47.8 Å². The fourth-order valence-electron chi connectivity index (χ4n) is 3.04. The van der Waals surface area contributed by atoms with Crippen molar-refractivity contribution >= 4 is 16.6 Å². The molecule has 32 heavy (non-hydrogen) atoms. The topological polar surface area (TPSA) is 106 Å². The molecule has 1 aliphatic heterocycles. The summed E-state index contributed by atoms with van der Waals surface area (Å²) in [7, 11) is -4.37. The van der Waals surface area contributed by atoms with Gasteiger partial charge in [0.25, 0.3) is 5.56 Å². The van der Waals surface area contributed by atoms with Crippen LogP contribution in [-0.2, 0) is 13.6 Å². The van der Waals surface area contributed by atoms with Gasteiger partial charge in [-0.1, -0.05) is 41.5 Å². The fourth-order valence-corrected chi connectivity index (χ4v) is 5.35. The van der Waals surface area contributed by atoms with Crippen molar-refractivity contribution < 1.29 is 13.6 Å². The van der Waals surface area contributed by atoms with Gasteiger partial charge >= 0.3 is 5.69 Å². The van der Waals surface area contributed by atoms with Crippen molar-refractivity contribution in [3.05, 3.63) is 33.1 Å². The Morgan fingerprint density at radius 1 is 1.09 bits per heavy atom. The van der Waals surface area contributed by atoms with Crippen molar-refractivity contribution in [3.63, 3.8) is 0 Å². The second-order valence-corrected chi connectivity index (χ2v) is 21.2. The molecule has 1 saturated heterocycles. The maximum atomic E-state index is 12.6. The Kier molecular flexibility index (Phi) is 7.54. The monoisotopic (exact) mass is 481 g/mol. The Balaban J connectivity index is 2.44. The fraction of sp³-hybridized carbons (Fsp3) is 0.773. The minimum absolute atomic E-state index is 0.0139. The Morgan fingerprint density at radius 2 is 1.66 bits per heavy atom. The lowest BCUT2D eigenvalue weighted by Crippen LogP contribution is -2.48. The lowest BCUT2D eigenvalue weighted by Gasteiger charge is -2.40. The molecular weight excluding hydrogens is 442 g/mol. The third kappa shape index (κ3) is 5.51. The van der Waals surface area contributed by atoms with E-state index in [1.807, 2.05) is 0 Å². The van der Waals surface area contributed by atoms with Crippen LogP contribution in [0.5, 0.6) is 0 Å². The van der Waals surface area contributed by atoms with E-state index in [1.165, 1.54) is 16.8 Å². The van der Waals surface area contributed by atoms with Crippen molar-refractivity contribution in [2.24, 2.45) is 5.92 Å². The van der Waals surface area contributed by atoms with Gasteiger partial charge in [-0.3, -0.25) is 14.3 Å². The minimum Gasteiger partial charge on any atom is -0.414 e. The van der Waals surface area contributed by atoms with Gasteiger partial charge in [-0.05, 0) is 36.3 Å². The summed E-state index contributed by atoms with van der Waals surface area (Å²) in [6, 6.07) is 3.64. The maximum Gasteiger partial charge on any atom is 0.330 e. The van der Waals surface area contributed by atoms with Gasteiger partial charge in [0.05, 0.1) is 12.7 Å². The first kappa shape index (κ1) is 26.7. The number of aromatic nitrogens is 2. The molecule has 0 aliphatic carbocycles. The summed E-state index contributed by atoms with van der Waals surface area (Å²) in [5.74, 6) is -0.613. The SMILES string of the molecule is CC(C)(C)[Si](C)(C)OCC1OC(n2ccc(=O)[nH]c2=O)C(O[Si](C)(C)C(C)(C)C)C1C#N. The normalized spacial score (nSPS) is 25.0. The Morgan fingerprint density at radius 3 is 2.12 bits per heavy atom. The smallest absolute Gasteiger partial charge is 0.330 e. The molecule has 10 heteroatoms. The molecule has 0 amide bonds. The minimum atomic E-state index is -2.30. The van der Waals surface area contributed by atoms with Crippen molar-refractivity contribution in [2.75, 3.05) is 6.61 Å². The third-order valence-corrected chi connectivity index (χ3v) is 16.3. The van der Waals surface area contributed by atoms with Gasteiger partial charge in [0.2, 0.25) is 0 Å². The largest absolute Gasteiger partial charge is 0.414 e. The van der Waals surface area contributed by atoms with E-state index in [-0.39, 0.29) is 16.7 Å². The molecule has 0 aromatic carbocycles. The molecule has 1 aromatic heterocycles. The van der Waals surface area contributed by atoms with E-state index in [4.69, 9.17) is 13.6 Å². The van der Waals surface area contributed by atoms with Gasteiger partial charge in [-0.25, -0.2) is 4.79 Å². The predicted octanol–water partition coefficient (Wildman–Crippen LogP) is 3.99. The average molecular weight is 482 g/mol. The number of hydrogen-bond acceptors (Lipinski definition) is 6. The van der Waals surface area contributed by atoms with Gasteiger partial charge in [0, 0.05) is 12.3 Å². The molecule has 4 atom stereocenters. The number of rotatable bonds is 6. The number of nitrogens with zero attached hydrogens (tertiary/aromatic N) is 2. The summed E-state index contributed by atoms with van der Waals surface area (Å²) in [5, 5.41) is 10.0. The number of aromatic amines is 1. The third-order valence-electron chi connectivity index (χ3n) is 7.28. The Hall–Kier alpha value is -1.52. The Bertz CT molecular complexity index is 966. The lowest BCUT2D eigenvalue weighted by atomic mass is 10.0. The number of H-pyrrole nitrogens is 1. The van der Waals surface area contributed by atoms with E-state index in [9.17, 15) is 14.9 Å².